The molecule has 2 amide bonds. The van der Waals surface area contributed by atoms with Gasteiger partial charge in [-0.3, -0.25) is 14.5 Å². The Bertz CT molecular complexity index is 1160. The highest BCUT2D eigenvalue weighted by molar-refractivity contribution is 9.10. The van der Waals surface area contributed by atoms with Crippen molar-refractivity contribution in [3.63, 3.8) is 0 Å². The molecule has 3 aromatic rings. The van der Waals surface area contributed by atoms with Crippen LogP contribution in [0.25, 0.3) is 0 Å². The van der Waals surface area contributed by atoms with Crippen LogP contribution in [0.4, 0.5) is 11.4 Å². The largest absolute Gasteiger partial charge is 0.326 e. The molecule has 1 fully saturated rings. The van der Waals surface area contributed by atoms with Gasteiger partial charge in [0, 0.05) is 21.6 Å². The summed E-state index contributed by atoms with van der Waals surface area (Å²) in [6, 6.07) is 24.2. The predicted molar refractivity (Wildman–Crippen MR) is 134 cm³/mol. The lowest BCUT2D eigenvalue weighted by Crippen LogP contribution is -2.33. The molecule has 1 aliphatic rings. The molecule has 4 rings (SSSR count). The van der Waals surface area contributed by atoms with Gasteiger partial charge in [0.2, 0.25) is 11.8 Å². The van der Waals surface area contributed by atoms with Crippen LogP contribution in [0.5, 0.6) is 0 Å². The van der Waals surface area contributed by atoms with Gasteiger partial charge in [-0.25, -0.2) is 4.99 Å². The second-order valence-corrected chi connectivity index (χ2v) is 9.67. The number of thioether (sulfide) groups is 1. The third kappa shape index (κ3) is 5.79. The number of carbonyl (C=O) groups excluding carboxylic acids is 2. The number of hydrogen-bond acceptors (Lipinski definition) is 4. The third-order valence-corrected chi connectivity index (χ3v) is 6.65. The summed E-state index contributed by atoms with van der Waals surface area (Å²) in [6.07, 6.45) is 0.0565. The minimum absolute atomic E-state index is 0.0565. The predicted octanol–water partition coefficient (Wildman–Crippen LogP) is 6.26. The maximum atomic E-state index is 13.2. The van der Waals surface area contributed by atoms with Gasteiger partial charge in [0.15, 0.2) is 5.17 Å². The molecule has 1 saturated heterocycles. The average molecular weight is 529 g/mol. The molecular formula is C24H19BrClN3O2S. The summed E-state index contributed by atoms with van der Waals surface area (Å²) in [5, 5.41) is 3.53. The number of benzene rings is 3. The van der Waals surface area contributed by atoms with E-state index >= 15 is 0 Å². The number of halogens is 2. The summed E-state index contributed by atoms with van der Waals surface area (Å²) in [7, 11) is 0. The average Bonchev–Trinajstić information content (AvgIpc) is 3.04. The van der Waals surface area contributed by atoms with Crippen LogP contribution >= 0.6 is 39.3 Å². The van der Waals surface area contributed by atoms with E-state index in [1.54, 1.807) is 23.1 Å². The molecule has 0 aliphatic carbocycles. The molecule has 0 bridgehead atoms. The summed E-state index contributed by atoms with van der Waals surface area (Å²) in [5.74, 6) is -0.356. The molecule has 0 unspecified atom stereocenters. The van der Waals surface area contributed by atoms with E-state index in [0.717, 1.165) is 15.7 Å². The minimum atomic E-state index is -0.545. The summed E-state index contributed by atoms with van der Waals surface area (Å²) < 4.78 is 0.869. The van der Waals surface area contributed by atoms with E-state index in [9.17, 15) is 9.59 Å². The van der Waals surface area contributed by atoms with Crippen molar-refractivity contribution < 1.29 is 9.59 Å². The van der Waals surface area contributed by atoms with Gasteiger partial charge >= 0.3 is 0 Å². The molecule has 5 nitrogen and oxygen atoms in total. The molecule has 0 radical (unpaired) electrons. The van der Waals surface area contributed by atoms with E-state index in [0.29, 0.717) is 22.4 Å². The summed E-state index contributed by atoms with van der Waals surface area (Å²) in [5.41, 5.74) is 2.36. The van der Waals surface area contributed by atoms with E-state index in [-0.39, 0.29) is 18.2 Å². The SMILES string of the molecule is O=C(C[C@H]1SC(=Nc2ccccc2)N(Cc2ccc(Cl)cc2)C1=O)Nc1cccc(Br)c1. The first-order valence-corrected chi connectivity index (χ1v) is 11.9. The van der Waals surface area contributed by atoms with Crippen molar-refractivity contribution in [1.29, 1.82) is 0 Å². The number of aliphatic imine (C=N–C) groups is 1. The number of rotatable bonds is 6. The highest BCUT2D eigenvalue weighted by atomic mass is 79.9. The highest BCUT2D eigenvalue weighted by Crippen LogP contribution is 2.33. The fraction of sp³-hybridized carbons (Fsp3) is 0.125. The van der Waals surface area contributed by atoms with Crippen LogP contribution in [-0.4, -0.2) is 27.1 Å². The highest BCUT2D eigenvalue weighted by Gasteiger charge is 2.39. The number of carbonyl (C=O) groups is 2. The van der Waals surface area contributed by atoms with Crippen LogP contribution < -0.4 is 5.32 Å². The van der Waals surface area contributed by atoms with Gasteiger partial charge in [-0.05, 0) is 48.0 Å². The van der Waals surface area contributed by atoms with E-state index in [1.807, 2.05) is 60.7 Å². The van der Waals surface area contributed by atoms with Crippen LogP contribution in [0.2, 0.25) is 5.02 Å². The van der Waals surface area contributed by atoms with Crippen molar-refractivity contribution in [3.05, 3.63) is 93.9 Å². The van der Waals surface area contributed by atoms with Crippen molar-refractivity contribution in [2.24, 2.45) is 4.99 Å². The van der Waals surface area contributed by atoms with Crippen LogP contribution in [0.3, 0.4) is 0 Å². The normalized spacial score (nSPS) is 17.1. The van der Waals surface area contributed by atoms with Gasteiger partial charge in [-0.15, -0.1) is 0 Å². The lowest BCUT2D eigenvalue weighted by molar-refractivity contribution is -0.128. The van der Waals surface area contributed by atoms with E-state index < -0.39 is 5.25 Å². The zero-order valence-electron chi connectivity index (χ0n) is 16.9. The lowest BCUT2D eigenvalue weighted by Gasteiger charge is -2.16. The van der Waals surface area contributed by atoms with Crippen LogP contribution in [0.1, 0.15) is 12.0 Å². The molecule has 1 N–H and O–H groups in total. The molecule has 3 aromatic carbocycles. The van der Waals surface area contributed by atoms with Crippen molar-refractivity contribution in [2.45, 2.75) is 18.2 Å². The van der Waals surface area contributed by atoms with Crippen LogP contribution in [0, 0.1) is 0 Å². The number of nitrogens with zero attached hydrogens (tertiary/aromatic N) is 2. The first kappa shape index (κ1) is 22.6. The van der Waals surface area contributed by atoms with Gasteiger partial charge in [-0.1, -0.05) is 75.7 Å². The lowest BCUT2D eigenvalue weighted by atomic mass is 10.2. The molecule has 1 aliphatic heterocycles. The Balaban J connectivity index is 1.53. The fourth-order valence-corrected chi connectivity index (χ4v) is 4.88. The maximum absolute atomic E-state index is 13.2. The molecule has 0 spiro atoms. The number of para-hydroxylation sites is 1. The molecule has 32 heavy (non-hydrogen) atoms. The van der Waals surface area contributed by atoms with Gasteiger partial charge in [0.05, 0.1) is 12.2 Å². The first-order chi connectivity index (χ1) is 15.5. The third-order valence-electron chi connectivity index (χ3n) is 4.73. The van der Waals surface area contributed by atoms with Crippen molar-refractivity contribution >= 4 is 67.6 Å². The Hall–Kier alpha value is -2.61. The quantitative estimate of drug-likeness (QED) is 0.411. The Labute approximate surface area is 204 Å². The van der Waals surface area contributed by atoms with Crippen molar-refractivity contribution in [1.82, 2.24) is 4.90 Å². The Morgan fingerprint density at radius 3 is 2.53 bits per heavy atom. The van der Waals surface area contributed by atoms with Gasteiger partial charge in [0.1, 0.15) is 5.25 Å². The molecule has 8 heteroatoms. The van der Waals surface area contributed by atoms with Crippen LogP contribution in [-0.2, 0) is 16.1 Å². The fourth-order valence-electron chi connectivity index (χ4n) is 3.20. The number of anilines is 1. The minimum Gasteiger partial charge on any atom is -0.326 e. The molecule has 162 valence electrons. The first-order valence-electron chi connectivity index (χ1n) is 9.89. The van der Waals surface area contributed by atoms with E-state index in [4.69, 9.17) is 11.6 Å². The Kier molecular flexibility index (Phi) is 7.29. The monoisotopic (exact) mass is 527 g/mol. The Morgan fingerprint density at radius 1 is 1.06 bits per heavy atom. The molecule has 0 aromatic heterocycles. The smallest absolute Gasteiger partial charge is 0.242 e. The standard InChI is InChI=1S/C24H19BrClN3O2S/c25-17-5-4-8-20(13-17)27-22(30)14-21-23(31)29(15-16-9-11-18(26)12-10-16)24(32-21)28-19-6-2-1-3-7-19/h1-13,21H,14-15H2,(H,27,30)/t21-/m1/s1. The zero-order valence-corrected chi connectivity index (χ0v) is 20.0. The summed E-state index contributed by atoms with van der Waals surface area (Å²) >= 11 is 10.7. The molecule has 1 heterocycles. The van der Waals surface area contributed by atoms with Gasteiger partial charge < -0.3 is 5.32 Å². The number of amides is 2. The second-order valence-electron chi connectivity index (χ2n) is 7.15. The maximum Gasteiger partial charge on any atom is 0.242 e. The number of nitrogens with one attached hydrogen (secondary N) is 1. The molecule has 1 atom stereocenters. The topological polar surface area (TPSA) is 61.8 Å². The number of hydrogen-bond donors (Lipinski definition) is 1. The van der Waals surface area contributed by atoms with Crippen LogP contribution in [0.15, 0.2) is 88.3 Å². The zero-order chi connectivity index (χ0) is 22.5. The summed E-state index contributed by atoms with van der Waals surface area (Å²) in [4.78, 5) is 32.2. The van der Waals surface area contributed by atoms with Gasteiger partial charge in [-0.2, -0.15) is 0 Å². The van der Waals surface area contributed by atoms with Crippen molar-refractivity contribution in [3.8, 4) is 0 Å². The van der Waals surface area contributed by atoms with Crippen molar-refractivity contribution in [2.75, 3.05) is 5.32 Å². The summed E-state index contributed by atoms with van der Waals surface area (Å²) in [6.45, 7) is 0.360. The van der Waals surface area contributed by atoms with E-state index in [2.05, 4.69) is 26.2 Å². The Morgan fingerprint density at radius 2 is 1.81 bits per heavy atom. The van der Waals surface area contributed by atoms with Gasteiger partial charge in [0.25, 0.3) is 0 Å². The molecule has 0 saturated carbocycles. The van der Waals surface area contributed by atoms with E-state index in [1.165, 1.54) is 11.8 Å². The second kappa shape index (κ2) is 10.3. The number of amidine groups is 1. The molecular weight excluding hydrogens is 510 g/mol.